The second-order valence-electron chi connectivity index (χ2n) is 11.7. The summed E-state index contributed by atoms with van der Waals surface area (Å²) in [6, 6.07) is 19.2. The number of piperidine rings is 1. The molecule has 0 saturated carbocycles. The topological polar surface area (TPSA) is 223 Å². The fraction of sp³-hybridized carbons (Fsp3) is 0.273. The molecule has 0 atom stereocenters. The summed E-state index contributed by atoms with van der Waals surface area (Å²) in [7, 11) is -10.8. The van der Waals surface area contributed by atoms with Gasteiger partial charge in [0.15, 0.2) is 5.78 Å². The third-order valence-electron chi connectivity index (χ3n) is 8.16. The van der Waals surface area contributed by atoms with E-state index >= 15 is 0 Å². The molecule has 0 unspecified atom stereocenters. The third kappa shape index (κ3) is 8.70. The first-order valence-electron chi connectivity index (χ1n) is 15.5. The summed E-state index contributed by atoms with van der Waals surface area (Å²) in [5.74, 6) is 1.01. The Balaban J connectivity index is 0.000000256. The van der Waals surface area contributed by atoms with Crippen LogP contribution in [0.1, 0.15) is 35.2 Å². The van der Waals surface area contributed by atoms with E-state index in [9.17, 15) is 29.2 Å². The zero-order chi connectivity index (χ0) is 36.1. The number of phenolic OH excluding ortho intramolecular Hbond substituents is 2. The minimum Gasteiger partial charge on any atom is -0.508 e. The highest BCUT2D eigenvalue weighted by Crippen LogP contribution is 2.68. The Morgan fingerprint density at radius 1 is 0.880 bits per heavy atom. The number of aromatic hydroxyl groups is 2. The van der Waals surface area contributed by atoms with Crippen LogP contribution in [0.4, 0.5) is 0 Å². The zero-order valence-electron chi connectivity index (χ0n) is 26.6. The van der Waals surface area contributed by atoms with Crippen molar-refractivity contribution in [2.75, 3.05) is 26.2 Å². The van der Waals surface area contributed by atoms with E-state index in [2.05, 4.69) is 9.88 Å². The lowest BCUT2D eigenvalue weighted by Crippen LogP contribution is -2.33. The summed E-state index contributed by atoms with van der Waals surface area (Å²) in [5.41, 5.74) is 2.03. The predicted octanol–water partition coefficient (Wildman–Crippen LogP) is 4.96. The number of thiophene rings is 1. The zero-order valence-corrected chi connectivity index (χ0v) is 29.3. The summed E-state index contributed by atoms with van der Waals surface area (Å²) in [4.78, 5) is 55.6. The number of phenols is 2. The smallest absolute Gasteiger partial charge is 0.371 e. The lowest BCUT2D eigenvalue weighted by atomic mass is 9.97. The van der Waals surface area contributed by atoms with E-state index in [4.69, 9.17) is 24.3 Å². The van der Waals surface area contributed by atoms with Crippen molar-refractivity contribution >= 4 is 42.4 Å². The van der Waals surface area contributed by atoms with E-state index in [0.717, 1.165) is 56.8 Å². The van der Waals surface area contributed by atoms with Crippen molar-refractivity contribution in [3.8, 4) is 27.7 Å². The fourth-order valence-corrected chi connectivity index (χ4v) is 8.72. The molecule has 17 heteroatoms. The van der Waals surface area contributed by atoms with Gasteiger partial charge in [-0.1, -0.05) is 6.42 Å². The Labute approximate surface area is 291 Å². The van der Waals surface area contributed by atoms with Crippen LogP contribution in [0.15, 0.2) is 85.5 Å². The lowest BCUT2D eigenvalue weighted by Gasteiger charge is -2.29. The highest BCUT2D eigenvalue weighted by atomic mass is 32.1. The van der Waals surface area contributed by atoms with Crippen LogP contribution < -0.4 is 4.74 Å². The van der Waals surface area contributed by atoms with E-state index < -0.39 is 26.8 Å². The van der Waals surface area contributed by atoms with Crippen LogP contribution in [-0.4, -0.2) is 86.5 Å². The second kappa shape index (κ2) is 15.6. The number of ketones is 1. The number of fused-ring (bicyclic) bond motifs is 1. The number of hydrogen-bond acceptors (Lipinski definition) is 10. The molecule has 3 heterocycles. The maximum atomic E-state index is 13.6. The Kier molecular flexibility index (Phi) is 11.6. The highest BCUT2D eigenvalue weighted by Gasteiger charge is 2.59. The molecule has 0 radical (unpaired) electrons. The van der Waals surface area contributed by atoms with Crippen LogP contribution in [0.25, 0.3) is 20.5 Å². The molecule has 266 valence electrons. The SMILES string of the molecule is O=C(c1ccc(OCCN2CCCCC2)cc1)c1c(-c2ccc(O)cc2)sc2cc(O)ccc12.O=P(O)(O)C(O)(Cn1ccnc1)P(=O)(O)O. The lowest BCUT2D eigenvalue weighted by molar-refractivity contribution is 0.104. The van der Waals surface area contributed by atoms with Crippen LogP contribution in [0.5, 0.6) is 17.2 Å². The number of ether oxygens (including phenoxy) is 1. The largest absolute Gasteiger partial charge is 0.508 e. The van der Waals surface area contributed by atoms with Crippen molar-refractivity contribution in [2.45, 2.75) is 30.9 Å². The van der Waals surface area contributed by atoms with Gasteiger partial charge in [0.25, 0.3) is 5.08 Å². The number of carbonyl (C=O) groups excluding carboxylic acids is 1. The Morgan fingerprint density at radius 3 is 2.12 bits per heavy atom. The van der Waals surface area contributed by atoms with Crippen molar-refractivity contribution in [1.29, 1.82) is 0 Å². The molecule has 6 rings (SSSR count). The minimum absolute atomic E-state index is 0.0834. The van der Waals surface area contributed by atoms with Gasteiger partial charge in [-0.15, -0.1) is 11.3 Å². The molecule has 0 amide bonds. The standard InChI is InChI=1S/C28H27NO4S.C5H10N2O7P2/c30-21-8-4-20(5-9-21)28-26(24-13-10-22(31)18-25(24)34-28)27(32)19-6-11-23(12-7-19)33-17-16-29-14-2-1-3-15-29;8-5(15(9,10)11,16(12,13)14)3-7-2-1-6-4-7/h4-13,18,30-31H,1-3,14-17H2;1-2,4,8H,3H2,(H2,9,10,11)(H2,12,13,14). The molecule has 7 N–H and O–H groups in total. The molecule has 2 aromatic heterocycles. The Hall–Kier alpha value is -3.88. The molecule has 14 nitrogen and oxygen atoms in total. The van der Waals surface area contributed by atoms with Gasteiger partial charge in [-0.3, -0.25) is 18.8 Å². The summed E-state index contributed by atoms with van der Waals surface area (Å²) >= 11 is 1.46. The van der Waals surface area contributed by atoms with Gasteiger partial charge in [0, 0.05) is 45.0 Å². The molecule has 0 aliphatic carbocycles. The predicted molar refractivity (Wildman–Crippen MR) is 188 cm³/mol. The van der Waals surface area contributed by atoms with Gasteiger partial charge in [-0.2, -0.15) is 0 Å². The monoisotopic (exact) mass is 745 g/mol. The van der Waals surface area contributed by atoms with Crippen molar-refractivity contribution in [1.82, 2.24) is 14.5 Å². The van der Waals surface area contributed by atoms with E-state index in [-0.39, 0.29) is 17.3 Å². The molecular formula is C33H37N3O11P2S. The number of hydrogen-bond donors (Lipinski definition) is 7. The normalized spacial score (nSPS) is 14.3. The summed E-state index contributed by atoms with van der Waals surface area (Å²) in [6.07, 6.45) is 7.36. The minimum atomic E-state index is -5.41. The Morgan fingerprint density at radius 2 is 1.52 bits per heavy atom. The summed E-state index contributed by atoms with van der Waals surface area (Å²) in [6.45, 7) is 2.89. The van der Waals surface area contributed by atoms with Crippen LogP contribution in [0.2, 0.25) is 0 Å². The van der Waals surface area contributed by atoms with Crippen molar-refractivity contribution < 1.29 is 53.6 Å². The first kappa shape index (κ1) is 37.4. The molecule has 5 aromatic rings. The third-order valence-corrected chi connectivity index (χ3v) is 13.1. The van der Waals surface area contributed by atoms with Gasteiger partial charge >= 0.3 is 15.2 Å². The number of benzene rings is 3. The molecule has 1 saturated heterocycles. The van der Waals surface area contributed by atoms with E-state index in [0.29, 0.717) is 17.7 Å². The molecule has 0 spiro atoms. The molecular weight excluding hydrogens is 708 g/mol. The van der Waals surface area contributed by atoms with Gasteiger partial charge in [-0.05, 0) is 98.2 Å². The average Bonchev–Trinajstić information content (AvgIpc) is 3.72. The quantitative estimate of drug-likeness (QED) is 0.0703. The first-order chi connectivity index (χ1) is 23.7. The number of likely N-dealkylation sites (tertiary alicyclic amines) is 1. The molecule has 1 aliphatic rings. The van der Waals surface area contributed by atoms with Crippen LogP contribution in [0, 0.1) is 0 Å². The fourth-order valence-electron chi connectivity index (χ4n) is 5.43. The Bertz CT molecular complexity index is 1980. The maximum absolute atomic E-state index is 13.6. The molecule has 50 heavy (non-hydrogen) atoms. The highest BCUT2D eigenvalue weighted by molar-refractivity contribution is 7.72. The van der Waals surface area contributed by atoms with Crippen LogP contribution in [-0.2, 0) is 15.7 Å². The van der Waals surface area contributed by atoms with Crippen LogP contribution in [0.3, 0.4) is 0 Å². The molecule has 0 bridgehead atoms. The maximum Gasteiger partial charge on any atom is 0.371 e. The van der Waals surface area contributed by atoms with E-state index in [1.807, 2.05) is 24.3 Å². The number of imidazole rings is 1. The van der Waals surface area contributed by atoms with Crippen LogP contribution >= 0.6 is 26.5 Å². The van der Waals surface area contributed by atoms with Crippen molar-refractivity contribution in [3.05, 3.63) is 96.6 Å². The number of rotatable bonds is 11. The molecule has 3 aromatic carbocycles. The van der Waals surface area contributed by atoms with Gasteiger partial charge in [0.05, 0.1) is 12.9 Å². The number of aromatic nitrogens is 2. The van der Waals surface area contributed by atoms with Gasteiger partial charge in [0.1, 0.15) is 23.9 Å². The summed E-state index contributed by atoms with van der Waals surface area (Å²) in [5, 5.41) is 26.5. The average molecular weight is 746 g/mol. The van der Waals surface area contributed by atoms with E-state index in [1.54, 1.807) is 42.5 Å². The van der Waals surface area contributed by atoms with Gasteiger partial charge in [-0.25, -0.2) is 4.98 Å². The van der Waals surface area contributed by atoms with Crippen molar-refractivity contribution in [3.63, 3.8) is 0 Å². The number of carbonyl (C=O) groups is 1. The summed E-state index contributed by atoms with van der Waals surface area (Å²) < 4.78 is 29.6. The second-order valence-corrected chi connectivity index (χ2v) is 16.8. The van der Waals surface area contributed by atoms with Gasteiger partial charge < -0.3 is 44.2 Å². The molecule has 1 fully saturated rings. The van der Waals surface area contributed by atoms with Gasteiger partial charge in [0.2, 0.25) is 0 Å². The number of aliphatic hydroxyl groups is 1. The molecule has 1 aliphatic heterocycles. The van der Waals surface area contributed by atoms with Crippen molar-refractivity contribution in [2.24, 2.45) is 0 Å². The van der Waals surface area contributed by atoms with E-state index in [1.165, 1.54) is 43.0 Å². The first-order valence-corrected chi connectivity index (χ1v) is 19.5. The number of nitrogens with zero attached hydrogens (tertiary/aromatic N) is 3.